The number of carbonyl (C=O) groups excluding carboxylic acids is 1. The van der Waals surface area contributed by atoms with E-state index < -0.39 is 12.1 Å². The fourth-order valence-electron chi connectivity index (χ4n) is 2.15. The van der Waals surface area contributed by atoms with Gasteiger partial charge in [0.15, 0.2) is 0 Å². The number of alkyl halides is 1. The summed E-state index contributed by atoms with van der Waals surface area (Å²) in [6, 6.07) is 5.02. The van der Waals surface area contributed by atoms with Crippen LogP contribution in [0.15, 0.2) is 18.2 Å². The van der Waals surface area contributed by atoms with E-state index >= 15 is 0 Å². The van der Waals surface area contributed by atoms with Gasteiger partial charge in [0, 0.05) is 13.1 Å². The first-order valence-corrected chi connectivity index (χ1v) is 5.98. The molecule has 4 nitrogen and oxygen atoms in total. The van der Waals surface area contributed by atoms with Crippen LogP contribution in [-0.4, -0.2) is 32.3 Å². The summed E-state index contributed by atoms with van der Waals surface area (Å²) in [4.78, 5) is 13.5. The van der Waals surface area contributed by atoms with E-state index in [0.717, 1.165) is 5.69 Å². The molecule has 2 N–H and O–H groups in total. The van der Waals surface area contributed by atoms with Gasteiger partial charge in [0.2, 0.25) is 0 Å². The van der Waals surface area contributed by atoms with Crippen molar-refractivity contribution in [1.82, 2.24) is 0 Å². The van der Waals surface area contributed by atoms with Crippen molar-refractivity contribution in [3.8, 4) is 0 Å². The molecular weight excluding hydrogens is 235 g/mol. The van der Waals surface area contributed by atoms with Gasteiger partial charge >= 0.3 is 5.97 Å². The summed E-state index contributed by atoms with van der Waals surface area (Å²) in [5.41, 5.74) is 7.75. The van der Waals surface area contributed by atoms with Gasteiger partial charge in [-0.25, -0.2) is 9.18 Å². The molecule has 1 fully saturated rings. The maximum atomic E-state index is 13.1. The van der Waals surface area contributed by atoms with Crippen LogP contribution in [0, 0.1) is 0 Å². The fourth-order valence-corrected chi connectivity index (χ4v) is 2.15. The van der Waals surface area contributed by atoms with E-state index in [0.29, 0.717) is 37.2 Å². The molecule has 2 rings (SSSR count). The number of rotatable bonds is 2. The molecule has 0 amide bonds. The number of ether oxygens (including phenoxy) is 1. The Labute approximate surface area is 106 Å². The van der Waals surface area contributed by atoms with Crippen LogP contribution in [0.1, 0.15) is 23.2 Å². The van der Waals surface area contributed by atoms with E-state index in [1.165, 1.54) is 7.11 Å². The molecule has 1 aliphatic rings. The molecule has 98 valence electrons. The van der Waals surface area contributed by atoms with E-state index in [1.54, 1.807) is 18.2 Å². The smallest absolute Gasteiger partial charge is 0.337 e. The highest BCUT2D eigenvalue weighted by atomic mass is 19.1. The molecule has 1 aromatic carbocycles. The molecule has 1 aliphatic heterocycles. The van der Waals surface area contributed by atoms with E-state index in [4.69, 9.17) is 5.73 Å². The lowest BCUT2D eigenvalue weighted by Crippen LogP contribution is -2.34. The minimum Gasteiger partial charge on any atom is -0.465 e. The summed E-state index contributed by atoms with van der Waals surface area (Å²) >= 11 is 0. The Kier molecular flexibility index (Phi) is 3.69. The number of hydrogen-bond donors (Lipinski definition) is 1. The molecule has 0 atom stereocenters. The Balaban J connectivity index is 2.23. The molecule has 1 heterocycles. The molecule has 0 bridgehead atoms. The number of piperidine rings is 1. The molecule has 0 radical (unpaired) electrons. The van der Waals surface area contributed by atoms with E-state index in [-0.39, 0.29) is 0 Å². The molecule has 0 aliphatic carbocycles. The maximum absolute atomic E-state index is 13.1. The largest absolute Gasteiger partial charge is 0.465 e. The SMILES string of the molecule is COC(=O)c1ccc(N)c(N2CCC(F)CC2)c1. The van der Waals surface area contributed by atoms with Gasteiger partial charge in [0.25, 0.3) is 0 Å². The summed E-state index contributed by atoms with van der Waals surface area (Å²) in [6.07, 6.45) is 0.273. The van der Waals surface area contributed by atoms with Gasteiger partial charge in [-0.05, 0) is 31.0 Å². The lowest BCUT2D eigenvalue weighted by molar-refractivity contribution is 0.0601. The summed E-state index contributed by atoms with van der Waals surface area (Å²) < 4.78 is 17.8. The minimum absolute atomic E-state index is 0.392. The first-order valence-electron chi connectivity index (χ1n) is 5.98. The third-order valence-electron chi connectivity index (χ3n) is 3.22. The van der Waals surface area contributed by atoms with E-state index in [9.17, 15) is 9.18 Å². The third-order valence-corrected chi connectivity index (χ3v) is 3.22. The monoisotopic (exact) mass is 252 g/mol. The predicted octanol–water partition coefficient (Wildman–Crippen LogP) is 1.99. The van der Waals surface area contributed by atoms with Gasteiger partial charge < -0.3 is 15.4 Å². The highest BCUT2D eigenvalue weighted by Gasteiger charge is 2.21. The quantitative estimate of drug-likeness (QED) is 0.646. The van der Waals surface area contributed by atoms with Crippen molar-refractivity contribution >= 4 is 17.3 Å². The maximum Gasteiger partial charge on any atom is 0.337 e. The number of carbonyl (C=O) groups is 1. The van der Waals surface area contributed by atoms with Crippen LogP contribution in [0.4, 0.5) is 15.8 Å². The predicted molar refractivity (Wildman–Crippen MR) is 68.5 cm³/mol. The lowest BCUT2D eigenvalue weighted by atomic mass is 10.1. The minimum atomic E-state index is -0.730. The van der Waals surface area contributed by atoms with Crippen molar-refractivity contribution in [3.63, 3.8) is 0 Å². The number of hydrogen-bond acceptors (Lipinski definition) is 4. The fraction of sp³-hybridized carbons (Fsp3) is 0.462. The van der Waals surface area contributed by atoms with Crippen LogP contribution >= 0.6 is 0 Å². The van der Waals surface area contributed by atoms with Crippen LogP contribution in [0.3, 0.4) is 0 Å². The molecule has 1 saturated heterocycles. The second-order valence-electron chi connectivity index (χ2n) is 4.43. The Hall–Kier alpha value is -1.78. The van der Waals surface area contributed by atoms with E-state index in [1.807, 2.05) is 4.90 Å². The van der Waals surface area contributed by atoms with Gasteiger partial charge in [-0.1, -0.05) is 0 Å². The van der Waals surface area contributed by atoms with Crippen LogP contribution in [0.5, 0.6) is 0 Å². The lowest BCUT2D eigenvalue weighted by Gasteiger charge is -2.31. The molecule has 0 spiro atoms. The second-order valence-corrected chi connectivity index (χ2v) is 4.43. The molecule has 18 heavy (non-hydrogen) atoms. The number of esters is 1. The van der Waals surface area contributed by atoms with Crippen LogP contribution in [-0.2, 0) is 4.74 Å². The van der Waals surface area contributed by atoms with Crippen LogP contribution < -0.4 is 10.6 Å². The number of nitrogens with zero attached hydrogens (tertiary/aromatic N) is 1. The van der Waals surface area contributed by atoms with E-state index in [2.05, 4.69) is 4.74 Å². The topological polar surface area (TPSA) is 55.6 Å². The standard InChI is InChI=1S/C13H17FN2O2/c1-18-13(17)9-2-3-11(15)12(8-9)16-6-4-10(14)5-7-16/h2-3,8,10H,4-7,15H2,1H3. The number of anilines is 2. The highest BCUT2D eigenvalue weighted by molar-refractivity contribution is 5.92. The molecule has 0 aromatic heterocycles. The highest BCUT2D eigenvalue weighted by Crippen LogP contribution is 2.28. The third kappa shape index (κ3) is 2.55. The first kappa shape index (κ1) is 12.7. The Bertz CT molecular complexity index is 443. The Morgan fingerprint density at radius 3 is 2.72 bits per heavy atom. The van der Waals surface area contributed by atoms with Crippen molar-refractivity contribution in [2.24, 2.45) is 0 Å². The number of benzene rings is 1. The second kappa shape index (κ2) is 5.25. The van der Waals surface area contributed by atoms with Crippen LogP contribution in [0.2, 0.25) is 0 Å². The average Bonchev–Trinajstić information content (AvgIpc) is 2.39. The Morgan fingerprint density at radius 2 is 2.11 bits per heavy atom. The van der Waals surface area contributed by atoms with Crippen molar-refractivity contribution in [1.29, 1.82) is 0 Å². The van der Waals surface area contributed by atoms with Crippen molar-refractivity contribution in [3.05, 3.63) is 23.8 Å². The summed E-state index contributed by atoms with van der Waals surface area (Å²) in [5, 5.41) is 0. The zero-order chi connectivity index (χ0) is 13.1. The summed E-state index contributed by atoms with van der Waals surface area (Å²) in [6.45, 7) is 1.24. The number of nitrogens with two attached hydrogens (primary N) is 1. The van der Waals surface area contributed by atoms with Crippen LogP contribution in [0.25, 0.3) is 0 Å². The summed E-state index contributed by atoms with van der Waals surface area (Å²) in [5.74, 6) is -0.392. The average molecular weight is 252 g/mol. The first-order chi connectivity index (χ1) is 8.61. The molecule has 5 heteroatoms. The Morgan fingerprint density at radius 1 is 1.44 bits per heavy atom. The van der Waals surface area contributed by atoms with Crippen molar-refractivity contribution < 1.29 is 13.9 Å². The molecular formula is C13H17FN2O2. The van der Waals surface area contributed by atoms with Gasteiger partial charge in [0.05, 0.1) is 24.0 Å². The number of halogens is 1. The van der Waals surface area contributed by atoms with Gasteiger partial charge in [-0.3, -0.25) is 0 Å². The van der Waals surface area contributed by atoms with Gasteiger partial charge in [-0.15, -0.1) is 0 Å². The summed E-state index contributed by atoms with van der Waals surface area (Å²) in [7, 11) is 1.34. The normalized spacial score (nSPS) is 16.7. The van der Waals surface area contributed by atoms with Gasteiger partial charge in [-0.2, -0.15) is 0 Å². The molecule has 1 aromatic rings. The van der Waals surface area contributed by atoms with Crippen molar-refractivity contribution in [2.45, 2.75) is 19.0 Å². The van der Waals surface area contributed by atoms with Gasteiger partial charge in [0.1, 0.15) is 6.17 Å². The molecule has 0 unspecified atom stereocenters. The van der Waals surface area contributed by atoms with Crippen molar-refractivity contribution in [2.75, 3.05) is 30.8 Å². The zero-order valence-electron chi connectivity index (χ0n) is 10.4. The zero-order valence-corrected chi connectivity index (χ0v) is 10.4. The molecule has 0 saturated carbocycles. The number of methoxy groups -OCH3 is 1. The number of nitrogen functional groups attached to an aromatic ring is 1.